The van der Waals surface area contributed by atoms with Gasteiger partial charge in [0.05, 0.1) is 17.1 Å². The van der Waals surface area contributed by atoms with Crippen LogP contribution in [0.4, 0.5) is 0 Å². The Hall–Kier alpha value is -3.80. The summed E-state index contributed by atoms with van der Waals surface area (Å²) in [6.07, 6.45) is 5.89. The Morgan fingerprint density at radius 2 is 1.74 bits per heavy atom. The van der Waals surface area contributed by atoms with E-state index in [0.29, 0.717) is 23.3 Å². The molecule has 0 saturated heterocycles. The van der Waals surface area contributed by atoms with Gasteiger partial charge in [0.1, 0.15) is 17.9 Å². The van der Waals surface area contributed by atoms with Crippen molar-refractivity contribution in [1.82, 2.24) is 0 Å². The summed E-state index contributed by atoms with van der Waals surface area (Å²) in [4.78, 5) is 25.5. The second-order valence-electron chi connectivity index (χ2n) is 8.81. The first-order valence-electron chi connectivity index (χ1n) is 11.7. The molecule has 0 aliphatic rings. The number of ether oxygens (including phenoxy) is 3. The molecule has 0 radical (unpaired) electrons. The quantitative estimate of drug-likeness (QED) is 0.181. The van der Waals surface area contributed by atoms with E-state index < -0.39 is 11.6 Å². The van der Waals surface area contributed by atoms with Crippen LogP contribution in [0, 0.1) is 0 Å². The Morgan fingerprint density at radius 1 is 1.00 bits per heavy atom. The molecular weight excluding hydrogens is 444 g/mol. The van der Waals surface area contributed by atoms with Crippen molar-refractivity contribution in [3.8, 4) is 17.2 Å². The molecule has 6 nitrogen and oxygen atoms in total. The maximum atomic E-state index is 12.7. The van der Waals surface area contributed by atoms with E-state index in [1.165, 1.54) is 11.1 Å². The largest absolute Gasteiger partial charge is 0.489 e. The smallest absolute Gasteiger partial charge is 0.383 e. The molecular formula is C29H32O6. The topological polar surface area (TPSA) is 75.0 Å². The van der Waals surface area contributed by atoms with Gasteiger partial charge in [0, 0.05) is 6.07 Å². The van der Waals surface area contributed by atoms with Crippen molar-refractivity contribution < 1.29 is 23.4 Å². The highest BCUT2D eigenvalue weighted by Crippen LogP contribution is 2.35. The van der Waals surface area contributed by atoms with Gasteiger partial charge < -0.3 is 18.6 Å². The fourth-order valence-electron chi connectivity index (χ4n) is 3.36. The van der Waals surface area contributed by atoms with Crippen LogP contribution in [-0.2, 0) is 0 Å². The van der Waals surface area contributed by atoms with E-state index in [0.717, 1.165) is 12.8 Å². The molecule has 0 fully saturated rings. The zero-order valence-electron chi connectivity index (χ0n) is 20.9. The summed E-state index contributed by atoms with van der Waals surface area (Å²) in [5.41, 5.74) is 2.41. The molecule has 6 heteroatoms. The minimum absolute atomic E-state index is 0.0281. The van der Waals surface area contributed by atoms with E-state index in [-0.39, 0.29) is 23.2 Å². The van der Waals surface area contributed by atoms with E-state index >= 15 is 0 Å². The number of hydrogen-bond donors (Lipinski definition) is 0. The molecule has 0 unspecified atom stereocenters. The lowest BCUT2D eigenvalue weighted by Crippen LogP contribution is -2.17. The fourth-order valence-corrected chi connectivity index (χ4v) is 3.36. The number of carbonyl (C=O) groups is 1. The van der Waals surface area contributed by atoms with Crippen LogP contribution in [0.5, 0.6) is 17.2 Å². The van der Waals surface area contributed by atoms with E-state index in [1.807, 2.05) is 6.08 Å². The molecule has 0 aliphatic carbocycles. The number of benzene rings is 2. The Labute approximate surface area is 205 Å². The van der Waals surface area contributed by atoms with Crippen molar-refractivity contribution in [1.29, 1.82) is 0 Å². The molecule has 184 valence electrons. The standard InChI is InChI=1S/C29H32O6/c1-19(2)10-9-11-21(5)16-17-32-23-14-15-24-25(18-23)34-29(31)27(33-20(3)4)26(24)35-28(30)22-12-7-6-8-13-22/h6-8,10,12-16,18,20H,9,11,17H2,1-5H3. The molecule has 3 aromatic rings. The number of hydrogen-bond acceptors (Lipinski definition) is 6. The van der Waals surface area contributed by atoms with Gasteiger partial charge in [0.25, 0.3) is 0 Å². The van der Waals surface area contributed by atoms with E-state index in [9.17, 15) is 9.59 Å². The molecule has 0 spiro atoms. The number of carbonyl (C=O) groups excluding carboxylic acids is 1. The monoisotopic (exact) mass is 476 g/mol. The summed E-state index contributed by atoms with van der Waals surface area (Å²) in [7, 11) is 0. The first kappa shape index (κ1) is 25.8. The SMILES string of the molecule is CC(C)=CCCC(C)=CCOc1ccc2c(OC(=O)c3ccccc3)c(OC(C)C)c(=O)oc2c1. The first-order chi connectivity index (χ1) is 16.7. The third kappa shape index (κ3) is 7.34. The zero-order valence-corrected chi connectivity index (χ0v) is 20.9. The van der Waals surface area contributed by atoms with Crippen LogP contribution in [-0.4, -0.2) is 18.7 Å². The highest BCUT2D eigenvalue weighted by molar-refractivity contribution is 5.95. The Morgan fingerprint density at radius 3 is 2.43 bits per heavy atom. The van der Waals surface area contributed by atoms with Gasteiger partial charge in [-0.15, -0.1) is 0 Å². The maximum absolute atomic E-state index is 12.7. The van der Waals surface area contributed by atoms with Crippen LogP contribution in [0.1, 0.15) is 57.8 Å². The Bertz CT molecular complexity index is 1280. The van der Waals surface area contributed by atoms with Gasteiger partial charge in [-0.1, -0.05) is 35.4 Å². The third-order valence-electron chi connectivity index (χ3n) is 5.12. The Balaban J connectivity index is 1.87. The van der Waals surface area contributed by atoms with E-state index in [2.05, 4.69) is 26.8 Å². The molecule has 0 bridgehead atoms. The molecule has 3 rings (SSSR count). The van der Waals surface area contributed by atoms with E-state index in [1.54, 1.807) is 62.4 Å². The van der Waals surface area contributed by atoms with Gasteiger partial charge in [0.2, 0.25) is 5.75 Å². The van der Waals surface area contributed by atoms with Crippen LogP contribution in [0.3, 0.4) is 0 Å². The first-order valence-corrected chi connectivity index (χ1v) is 11.7. The van der Waals surface area contributed by atoms with Gasteiger partial charge in [-0.25, -0.2) is 9.59 Å². The zero-order chi connectivity index (χ0) is 25.4. The van der Waals surface area contributed by atoms with Crippen LogP contribution < -0.4 is 19.8 Å². The van der Waals surface area contributed by atoms with Crippen molar-refractivity contribution in [2.45, 2.75) is 53.6 Å². The molecule has 1 heterocycles. The molecule has 0 aliphatic heterocycles. The van der Waals surface area contributed by atoms with Crippen LogP contribution >= 0.6 is 0 Å². The van der Waals surface area contributed by atoms with Gasteiger partial charge in [-0.2, -0.15) is 0 Å². The number of rotatable bonds is 10. The molecule has 0 amide bonds. The second kappa shape index (κ2) is 12.1. The van der Waals surface area contributed by atoms with Gasteiger partial charge in [0.15, 0.2) is 5.75 Å². The normalized spacial score (nSPS) is 11.4. The summed E-state index contributed by atoms with van der Waals surface area (Å²) in [5, 5.41) is 0.435. The molecule has 0 saturated carbocycles. The summed E-state index contributed by atoms with van der Waals surface area (Å²) in [6.45, 7) is 10.2. The van der Waals surface area contributed by atoms with Crippen molar-refractivity contribution in [2.75, 3.05) is 6.61 Å². The van der Waals surface area contributed by atoms with Crippen molar-refractivity contribution in [3.05, 3.63) is 87.8 Å². The highest BCUT2D eigenvalue weighted by Gasteiger charge is 2.22. The van der Waals surface area contributed by atoms with E-state index in [4.69, 9.17) is 18.6 Å². The van der Waals surface area contributed by atoms with Crippen molar-refractivity contribution in [2.24, 2.45) is 0 Å². The van der Waals surface area contributed by atoms with Crippen LogP contribution in [0.2, 0.25) is 0 Å². The minimum Gasteiger partial charge on any atom is -0.489 e. The summed E-state index contributed by atoms with van der Waals surface area (Å²) in [6, 6.07) is 13.6. The number of fused-ring (bicyclic) bond motifs is 1. The lowest BCUT2D eigenvalue weighted by atomic mass is 10.1. The molecule has 1 aromatic heterocycles. The van der Waals surface area contributed by atoms with Crippen molar-refractivity contribution >= 4 is 16.9 Å². The fraction of sp³-hybridized carbons (Fsp3) is 0.310. The molecule has 0 atom stereocenters. The van der Waals surface area contributed by atoms with Gasteiger partial charge >= 0.3 is 11.6 Å². The highest BCUT2D eigenvalue weighted by atomic mass is 16.6. The summed E-state index contributed by atoms with van der Waals surface area (Å²) < 4.78 is 22.7. The molecule has 0 N–H and O–H groups in total. The minimum atomic E-state index is -0.728. The second-order valence-corrected chi connectivity index (χ2v) is 8.81. The predicted molar refractivity (Wildman–Crippen MR) is 138 cm³/mol. The number of allylic oxidation sites excluding steroid dienone is 3. The van der Waals surface area contributed by atoms with Gasteiger partial charge in [-0.3, -0.25) is 0 Å². The lowest BCUT2D eigenvalue weighted by Gasteiger charge is -2.15. The summed E-state index contributed by atoms with van der Waals surface area (Å²) >= 11 is 0. The van der Waals surface area contributed by atoms with Crippen LogP contribution in [0.15, 0.2) is 81.0 Å². The van der Waals surface area contributed by atoms with Crippen LogP contribution in [0.25, 0.3) is 11.0 Å². The van der Waals surface area contributed by atoms with Crippen molar-refractivity contribution in [3.63, 3.8) is 0 Å². The molecule has 2 aromatic carbocycles. The maximum Gasteiger partial charge on any atom is 0.383 e. The Kier molecular flexibility index (Phi) is 8.90. The average molecular weight is 477 g/mol. The lowest BCUT2D eigenvalue weighted by molar-refractivity contribution is 0.0726. The molecule has 35 heavy (non-hydrogen) atoms. The third-order valence-corrected chi connectivity index (χ3v) is 5.12. The predicted octanol–water partition coefficient (Wildman–Crippen LogP) is 6.87. The van der Waals surface area contributed by atoms with Gasteiger partial charge in [-0.05, 0) is 77.8 Å². The summed E-state index contributed by atoms with van der Waals surface area (Å²) in [5.74, 6) is -0.173. The number of esters is 1. The average Bonchev–Trinajstić information content (AvgIpc) is 2.81.